The molecular weight excluding hydrogens is 356 g/mol. The topological polar surface area (TPSA) is 66.4 Å². The Labute approximate surface area is 166 Å². The van der Waals surface area contributed by atoms with Crippen LogP contribution in [-0.2, 0) is 20.7 Å². The second kappa shape index (κ2) is 8.92. The number of hydrogen-bond acceptors (Lipinski definition) is 4. The fraction of sp³-hybridized carbons (Fsp3) is 0.619. The fourth-order valence-electron chi connectivity index (χ4n) is 4.36. The molecule has 0 aromatic heterocycles. The molecule has 3 heterocycles. The van der Waals surface area contributed by atoms with E-state index in [1.54, 1.807) is 7.05 Å². The Morgan fingerprint density at radius 1 is 1.18 bits per heavy atom. The minimum atomic E-state index is 0.0690. The van der Waals surface area contributed by atoms with Crippen molar-refractivity contribution in [3.8, 4) is 0 Å². The van der Waals surface area contributed by atoms with Crippen LogP contribution < -0.4 is 10.2 Å². The maximum absolute atomic E-state index is 12.9. The number of carbonyl (C=O) groups excluding carboxylic acids is 1. The summed E-state index contributed by atoms with van der Waals surface area (Å²) in [6.07, 6.45) is 4.44. The Bertz CT molecular complexity index is 717. The molecule has 2 atom stereocenters. The number of hydrogen-bond donors (Lipinski definition) is 1. The third-order valence-corrected chi connectivity index (χ3v) is 5.79. The lowest BCUT2D eigenvalue weighted by Crippen LogP contribution is -2.54. The number of nitrogens with one attached hydrogen (secondary N) is 1. The molecule has 7 heteroatoms. The van der Waals surface area contributed by atoms with Gasteiger partial charge in [0.1, 0.15) is 6.10 Å². The molecule has 2 saturated heterocycles. The van der Waals surface area contributed by atoms with Crippen LogP contribution in [-0.4, -0.2) is 75.4 Å². The van der Waals surface area contributed by atoms with Crippen molar-refractivity contribution < 1.29 is 14.3 Å². The van der Waals surface area contributed by atoms with Gasteiger partial charge in [0.2, 0.25) is 5.91 Å². The minimum absolute atomic E-state index is 0.0690. The molecule has 0 aliphatic carbocycles. The zero-order chi connectivity index (χ0) is 19.3. The van der Waals surface area contributed by atoms with Crippen LogP contribution in [0.3, 0.4) is 0 Å². The van der Waals surface area contributed by atoms with Crippen molar-refractivity contribution >= 4 is 17.6 Å². The summed E-state index contributed by atoms with van der Waals surface area (Å²) in [5.41, 5.74) is 2.29. The van der Waals surface area contributed by atoms with Gasteiger partial charge in [-0.3, -0.25) is 9.79 Å². The van der Waals surface area contributed by atoms with Gasteiger partial charge in [-0.2, -0.15) is 0 Å². The summed E-state index contributed by atoms with van der Waals surface area (Å²) in [6.45, 7) is 3.99. The van der Waals surface area contributed by atoms with Gasteiger partial charge in [-0.1, -0.05) is 18.2 Å². The molecule has 3 aliphatic heterocycles. The van der Waals surface area contributed by atoms with Gasteiger partial charge in [-0.25, -0.2) is 0 Å². The van der Waals surface area contributed by atoms with Crippen LogP contribution in [0.1, 0.15) is 24.8 Å². The van der Waals surface area contributed by atoms with E-state index in [1.807, 2.05) is 23.1 Å². The van der Waals surface area contributed by atoms with Gasteiger partial charge in [-0.15, -0.1) is 0 Å². The lowest BCUT2D eigenvalue weighted by molar-refractivity contribution is -0.117. The molecule has 0 radical (unpaired) electrons. The van der Waals surface area contributed by atoms with Crippen LogP contribution >= 0.6 is 0 Å². The molecule has 1 aromatic rings. The summed E-state index contributed by atoms with van der Waals surface area (Å²) in [5.74, 6) is 0.835. The molecule has 4 rings (SSSR count). The number of aliphatic imine (C=N–C) groups is 1. The maximum Gasteiger partial charge on any atom is 0.246 e. The van der Waals surface area contributed by atoms with E-state index in [1.165, 1.54) is 5.56 Å². The molecule has 1 aromatic carbocycles. The number of fused-ring (bicyclic) bond motifs is 1. The first kappa shape index (κ1) is 19.2. The minimum Gasteiger partial charge on any atom is -0.375 e. The third kappa shape index (κ3) is 4.15. The van der Waals surface area contributed by atoms with E-state index in [4.69, 9.17) is 9.47 Å². The number of morpholine rings is 1. The summed E-state index contributed by atoms with van der Waals surface area (Å²) in [4.78, 5) is 21.4. The number of nitrogens with zero attached hydrogens (tertiary/aromatic N) is 3. The standard InChI is InChI=1S/C21H30N4O3/c1-22-21(24-11-13-28-19(15-24)18-9-5-12-27-18)23-14-20(26)25-10-4-7-16-6-2-3-8-17(16)25/h2-3,6,8,18-19H,4-5,7,9-15H2,1H3,(H,22,23). The van der Waals surface area contributed by atoms with E-state index < -0.39 is 0 Å². The molecule has 0 spiro atoms. The van der Waals surface area contributed by atoms with E-state index >= 15 is 0 Å². The first-order chi connectivity index (χ1) is 13.8. The van der Waals surface area contributed by atoms with Crippen molar-refractivity contribution in [3.63, 3.8) is 0 Å². The van der Waals surface area contributed by atoms with Crippen LogP contribution in [0.15, 0.2) is 29.3 Å². The molecule has 0 bridgehead atoms. The highest BCUT2D eigenvalue weighted by atomic mass is 16.5. The second-order valence-corrected chi connectivity index (χ2v) is 7.59. The van der Waals surface area contributed by atoms with Crippen LogP contribution in [0.2, 0.25) is 0 Å². The van der Waals surface area contributed by atoms with Crippen molar-refractivity contribution in [2.24, 2.45) is 4.99 Å². The summed E-state index contributed by atoms with van der Waals surface area (Å²) in [5, 5.41) is 3.27. The first-order valence-electron chi connectivity index (χ1n) is 10.3. The molecule has 0 saturated carbocycles. The van der Waals surface area contributed by atoms with Gasteiger partial charge in [0.05, 0.1) is 19.3 Å². The number of anilines is 1. The molecule has 2 unspecified atom stereocenters. The van der Waals surface area contributed by atoms with Gasteiger partial charge in [0, 0.05) is 39.0 Å². The normalized spacial score (nSPS) is 25.5. The second-order valence-electron chi connectivity index (χ2n) is 7.59. The average molecular weight is 386 g/mol. The quantitative estimate of drug-likeness (QED) is 0.629. The number of benzene rings is 1. The Morgan fingerprint density at radius 2 is 2.04 bits per heavy atom. The molecule has 1 N–H and O–H groups in total. The number of para-hydroxylation sites is 1. The number of ether oxygens (including phenoxy) is 2. The number of aryl methyl sites for hydroxylation is 1. The SMILES string of the molecule is CN=C(NCC(=O)N1CCCc2ccccc21)N1CCOC(C2CCCO2)C1. The first-order valence-corrected chi connectivity index (χ1v) is 10.3. The van der Waals surface area contributed by atoms with Crippen molar-refractivity contribution in [2.45, 2.75) is 37.9 Å². The van der Waals surface area contributed by atoms with Gasteiger partial charge >= 0.3 is 0 Å². The number of amides is 1. The summed E-state index contributed by atoms with van der Waals surface area (Å²) in [6, 6.07) is 8.18. The predicted octanol–water partition coefficient (Wildman–Crippen LogP) is 1.42. The van der Waals surface area contributed by atoms with Crippen LogP contribution in [0, 0.1) is 0 Å². The molecule has 1 amide bonds. The molecule has 2 fully saturated rings. The smallest absolute Gasteiger partial charge is 0.246 e. The molecule has 7 nitrogen and oxygen atoms in total. The molecule has 28 heavy (non-hydrogen) atoms. The van der Waals surface area contributed by atoms with Gasteiger partial charge in [0.15, 0.2) is 5.96 Å². The monoisotopic (exact) mass is 386 g/mol. The number of guanidine groups is 1. The van der Waals surface area contributed by atoms with E-state index in [2.05, 4.69) is 21.3 Å². The highest BCUT2D eigenvalue weighted by molar-refractivity contribution is 5.98. The van der Waals surface area contributed by atoms with E-state index in [9.17, 15) is 4.79 Å². The van der Waals surface area contributed by atoms with Gasteiger partial charge < -0.3 is 24.6 Å². The average Bonchev–Trinajstić information content (AvgIpc) is 3.29. The van der Waals surface area contributed by atoms with Crippen LogP contribution in [0.5, 0.6) is 0 Å². The number of rotatable bonds is 3. The van der Waals surface area contributed by atoms with Gasteiger partial charge in [-0.05, 0) is 37.3 Å². The zero-order valence-electron chi connectivity index (χ0n) is 16.6. The van der Waals surface area contributed by atoms with Crippen molar-refractivity contribution in [2.75, 3.05) is 51.3 Å². The lowest BCUT2D eigenvalue weighted by atomic mass is 10.0. The zero-order valence-corrected chi connectivity index (χ0v) is 16.6. The fourth-order valence-corrected chi connectivity index (χ4v) is 4.36. The lowest BCUT2D eigenvalue weighted by Gasteiger charge is -2.37. The Balaban J connectivity index is 1.35. The van der Waals surface area contributed by atoms with Gasteiger partial charge in [0.25, 0.3) is 0 Å². The van der Waals surface area contributed by atoms with Crippen LogP contribution in [0.4, 0.5) is 5.69 Å². The maximum atomic E-state index is 12.9. The van der Waals surface area contributed by atoms with E-state index in [0.717, 1.165) is 63.6 Å². The Morgan fingerprint density at radius 3 is 2.86 bits per heavy atom. The van der Waals surface area contributed by atoms with Crippen LogP contribution in [0.25, 0.3) is 0 Å². The van der Waals surface area contributed by atoms with E-state index in [0.29, 0.717) is 6.61 Å². The van der Waals surface area contributed by atoms with Crippen molar-refractivity contribution in [1.82, 2.24) is 10.2 Å². The molecule has 152 valence electrons. The Hall–Kier alpha value is -2.12. The highest BCUT2D eigenvalue weighted by Crippen LogP contribution is 2.26. The summed E-state index contributed by atoms with van der Waals surface area (Å²) in [7, 11) is 1.76. The van der Waals surface area contributed by atoms with E-state index in [-0.39, 0.29) is 24.7 Å². The summed E-state index contributed by atoms with van der Waals surface area (Å²) >= 11 is 0. The highest BCUT2D eigenvalue weighted by Gasteiger charge is 2.32. The predicted molar refractivity (Wildman–Crippen MR) is 109 cm³/mol. The molecular formula is C21H30N4O3. The van der Waals surface area contributed by atoms with Crippen molar-refractivity contribution in [3.05, 3.63) is 29.8 Å². The third-order valence-electron chi connectivity index (χ3n) is 5.79. The summed E-state index contributed by atoms with van der Waals surface area (Å²) < 4.78 is 11.7. The van der Waals surface area contributed by atoms with Crippen molar-refractivity contribution in [1.29, 1.82) is 0 Å². The molecule has 3 aliphatic rings. The largest absolute Gasteiger partial charge is 0.375 e. The number of carbonyl (C=O) groups is 1. The Kier molecular flexibility index (Phi) is 6.12.